The minimum Gasteiger partial charge on any atom is -0.396 e. The molecule has 0 radical (unpaired) electrons. The van der Waals surface area contributed by atoms with Gasteiger partial charge < -0.3 is 10.4 Å². The summed E-state index contributed by atoms with van der Waals surface area (Å²) in [5.74, 6) is 0. The first-order valence-corrected chi connectivity index (χ1v) is 6.19. The van der Waals surface area contributed by atoms with Crippen LogP contribution < -0.4 is 5.32 Å². The van der Waals surface area contributed by atoms with Crippen molar-refractivity contribution in [3.05, 3.63) is 32.8 Å². The molecule has 0 fully saturated rings. The Morgan fingerprint density at radius 3 is 2.76 bits per heavy atom. The molecule has 1 unspecified atom stereocenters. The number of non-ortho nitro benzene ring substituents is 1. The average Bonchev–Trinajstić information content (AvgIpc) is 2.30. The summed E-state index contributed by atoms with van der Waals surface area (Å²) >= 11 is 3.29. The van der Waals surface area contributed by atoms with E-state index in [1.165, 1.54) is 12.1 Å². The maximum Gasteiger partial charge on any atom is 0.270 e. The lowest BCUT2D eigenvalue weighted by Gasteiger charge is -2.18. The Morgan fingerprint density at radius 1 is 1.59 bits per heavy atom. The number of aliphatic hydroxyl groups is 1. The van der Waals surface area contributed by atoms with Crippen molar-refractivity contribution in [3.63, 3.8) is 0 Å². The quantitative estimate of drug-likeness (QED) is 0.626. The number of rotatable bonds is 6. The summed E-state index contributed by atoms with van der Waals surface area (Å²) in [4.78, 5) is 10.1. The average molecular weight is 303 g/mol. The minimum atomic E-state index is -0.431. The van der Waals surface area contributed by atoms with Gasteiger partial charge in [0.25, 0.3) is 5.69 Å². The van der Waals surface area contributed by atoms with Crippen molar-refractivity contribution in [2.45, 2.75) is 25.8 Å². The highest BCUT2D eigenvalue weighted by Crippen LogP contribution is 2.28. The Hall–Kier alpha value is -1.14. The SMILES string of the molecule is CCC(CCO)Nc1ccc([N+](=O)[O-])cc1Br. The van der Waals surface area contributed by atoms with E-state index in [2.05, 4.69) is 21.2 Å². The molecule has 2 N–H and O–H groups in total. The molecule has 0 aliphatic carbocycles. The largest absolute Gasteiger partial charge is 0.396 e. The van der Waals surface area contributed by atoms with Crippen LogP contribution in [0.2, 0.25) is 0 Å². The molecule has 94 valence electrons. The molecule has 0 aliphatic heterocycles. The maximum atomic E-state index is 10.6. The zero-order chi connectivity index (χ0) is 12.8. The molecule has 17 heavy (non-hydrogen) atoms. The fourth-order valence-corrected chi connectivity index (χ4v) is 1.97. The highest BCUT2D eigenvalue weighted by atomic mass is 79.9. The van der Waals surface area contributed by atoms with Crippen molar-refractivity contribution in [3.8, 4) is 0 Å². The summed E-state index contributed by atoms with van der Waals surface area (Å²) < 4.78 is 0.656. The van der Waals surface area contributed by atoms with E-state index in [0.29, 0.717) is 10.9 Å². The summed E-state index contributed by atoms with van der Waals surface area (Å²) in [7, 11) is 0. The van der Waals surface area contributed by atoms with E-state index in [4.69, 9.17) is 5.11 Å². The highest BCUT2D eigenvalue weighted by Gasteiger charge is 2.11. The second kappa shape index (κ2) is 6.56. The van der Waals surface area contributed by atoms with Gasteiger partial charge in [0.2, 0.25) is 0 Å². The van der Waals surface area contributed by atoms with E-state index < -0.39 is 4.92 Å². The van der Waals surface area contributed by atoms with Crippen LogP contribution in [0.3, 0.4) is 0 Å². The van der Waals surface area contributed by atoms with Gasteiger partial charge in [-0.1, -0.05) is 6.92 Å². The first kappa shape index (κ1) is 13.9. The van der Waals surface area contributed by atoms with Gasteiger partial charge in [0.1, 0.15) is 0 Å². The Labute approximate surface area is 108 Å². The predicted molar refractivity (Wildman–Crippen MR) is 70.2 cm³/mol. The molecular weight excluding hydrogens is 288 g/mol. The van der Waals surface area contributed by atoms with E-state index >= 15 is 0 Å². The number of halogens is 1. The van der Waals surface area contributed by atoms with Crippen molar-refractivity contribution in [1.29, 1.82) is 0 Å². The smallest absolute Gasteiger partial charge is 0.270 e. The van der Waals surface area contributed by atoms with Gasteiger partial charge in [-0.05, 0) is 34.8 Å². The fourth-order valence-electron chi connectivity index (χ4n) is 1.49. The Morgan fingerprint density at radius 2 is 2.29 bits per heavy atom. The normalized spacial score (nSPS) is 12.2. The number of benzene rings is 1. The molecule has 0 saturated heterocycles. The van der Waals surface area contributed by atoms with Crippen molar-refractivity contribution in [1.82, 2.24) is 0 Å². The topological polar surface area (TPSA) is 75.4 Å². The maximum absolute atomic E-state index is 10.6. The van der Waals surface area contributed by atoms with Crippen LogP contribution in [-0.4, -0.2) is 22.7 Å². The molecule has 0 aromatic heterocycles. The molecule has 0 amide bonds. The summed E-state index contributed by atoms with van der Waals surface area (Å²) in [5, 5.41) is 22.7. The summed E-state index contributed by atoms with van der Waals surface area (Å²) in [5.41, 5.74) is 0.855. The van der Waals surface area contributed by atoms with Crippen LogP contribution in [0, 0.1) is 10.1 Å². The van der Waals surface area contributed by atoms with Gasteiger partial charge in [-0.2, -0.15) is 0 Å². The van der Waals surface area contributed by atoms with Crippen LogP contribution in [0.5, 0.6) is 0 Å². The first-order chi connectivity index (χ1) is 8.08. The Bertz CT molecular complexity index is 398. The molecule has 1 rings (SSSR count). The zero-order valence-corrected chi connectivity index (χ0v) is 11.1. The lowest BCUT2D eigenvalue weighted by Crippen LogP contribution is -2.20. The third kappa shape index (κ3) is 3.98. The van der Waals surface area contributed by atoms with E-state index in [1.807, 2.05) is 6.92 Å². The van der Waals surface area contributed by atoms with Crippen LogP contribution in [0.15, 0.2) is 22.7 Å². The van der Waals surface area contributed by atoms with Gasteiger partial charge in [-0.25, -0.2) is 0 Å². The van der Waals surface area contributed by atoms with Crippen molar-refractivity contribution in [2.24, 2.45) is 0 Å². The van der Waals surface area contributed by atoms with E-state index in [1.54, 1.807) is 6.07 Å². The summed E-state index contributed by atoms with van der Waals surface area (Å²) in [6.45, 7) is 2.14. The third-order valence-electron chi connectivity index (χ3n) is 2.49. The molecule has 0 spiro atoms. The summed E-state index contributed by atoms with van der Waals surface area (Å²) in [6.07, 6.45) is 1.53. The second-order valence-electron chi connectivity index (χ2n) is 3.68. The molecule has 0 saturated carbocycles. The van der Waals surface area contributed by atoms with Crippen LogP contribution in [0.4, 0.5) is 11.4 Å². The van der Waals surface area contributed by atoms with Gasteiger partial charge in [0.05, 0.1) is 4.92 Å². The molecule has 1 aromatic carbocycles. The molecule has 1 aromatic rings. The standard InChI is InChI=1S/C11H15BrN2O3/c1-2-8(5-6-15)13-11-4-3-9(14(16)17)7-10(11)12/h3-4,7-8,13,15H,2,5-6H2,1H3. The molecular formula is C11H15BrN2O3. The lowest BCUT2D eigenvalue weighted by atomic mass is 10.1. The van der Waals surface area contributed by atoms with E-state index in [0.717, 1.165) is 12.1 Å². The predicted octanol–water partition coefficient (Wildman–Crippen LogP) is 2.93. The summed E-state index contributed by atoms with van der Waals surface area (Å²) in [6, 6.07) is 4.76. The monoisotopic (exact) mass is 302 g/mol. The second-order valence-corrected chi connectivity index (χ2v) is 4.54. The minimum absolute atomic E-state index is 0.0534. The van der Waals surface area contributed by atoms with Crippen LogP contribution >= 0.6 is 15.9 Å². The molecule has 0 heterocycles. The van der Waals surface area contributed by atoms with Crippen LogP contribution in [0.25, 0.3) is 0 Å². The lowest BCUT2D eigenvalue weighted by molar-refractivity contribution is -0.384. The molecule has 6 heteroatoms. The molecule has 1 atom stereocenters. The van der Waals surface area contributed by atoms with Crippen molar-refractivity contribution >= 4 is 27.3 Å². The van der Waals surface area contributed by atoms with E-state index in [9.17, 15) is 10.1 Å². The van der Waals surface area contributed by atoms with Gasteiger partial charge >= 0.3 is 0 Å². The number of aliphatic hydroxyl groups excluding tert-OH is 1. The van der Waals surface area contributed by atoms with Crippen LogP contribution in [0.1, 0.15) is 19.8 Å². The van der Waals surface area contributed by atoms with Gasteiger partial charge in [0, 0.05) is 34.9 Å². The van der Waals surface area contributed by atoms with Gasteiger partial charge in [-0.3, -0.25) is 10.1 Å². The molecule has 0 bridgehead atoms. The number of nitro groups is 1. The number of nitro benzene ring substituents is 1. The van der Waals surface area contributed by atoms with Crippen molar-refractivity contribution < 1.29 is 10.0 Å². The van der Waals surface area contributed by atoms with Gasteiger partial charge in [0.15, 0.2) is 0 Å². The molecule has 5 nitrogen and oxygen atoms in total. The van der Waals surface area contributed by atoms with Crippen molar-refractivity contribution in [2.75, 3.05) is 11.9 Å². The van der Waals surface area contributed by atoms with E-state index in [-0.39, 0.29) is 18.3 Å². The fraction of sp³-hybridized carbons (Fsp3) is 0.455. The first-order valence-electron chi connectivity index (χ1n) is 5.39. The third-order valence-corrected chi connectivity index (χ3v) is 3.15. The van der Waals surface area contributed by atoms with Crippen LogP contribution in [-0.2, 0) is 0 Å². The number of nitrogens with zero attached hydrogens (tertiary/aromatic N) is 1. The Kier molecular flexibility index (Phi) is 5.37. The Balaban J connectivity index is 2.81. The molecule has 0 aliphatic rings. The number of nitrogens with one attached hydrogen (secondary N) is 1. The number of anilines is 1. The highest BCUT2D eigenvalue weighted by molar-refractivity contribution is 9.10. The van der Waals surface area contributed by atoms with Gasteiger partial charge in [-0.15, -0.1) is 0 Å². The zero-order valence-electron chi connectivity index (χ0n) is 9.52. The number of hydrogen-bond acceptors (Lipinski definition) is 4. The number of hydrogen-bond donors (Lipinski definition) is 2.